The van der Waals surface area contributed by atoms with Crippen molar-refractivity contribution in [2.24, 2.45) is 5.92 Å². The van der Waals surface area contributed by atoms with Crippen molar-refractivity contribution in [1.82, 2.24) is 5.32 Å². The average Bonchev–Trinajstić information content (AvgIpc) is 2.34. The first-order chi connectivity index (χ1) is 8.49. The molecule has 0 heterocycles. The number of carbonyl (C=O) groups excluding carboxylic acids is 2. The molecule has 0 fully saturated rings. The molecule has 0 bridgehead atoms. The minimum atomic E-state index is -0.0517. The second-order valence-electron chi connectivity index (χ2n) is 4.99. The number of nitrogens with one attached hydrogen (secondary N) is 1. The molecule has 0 unspecified atom stereocenters. The lowest BCUT2D eigenvalue weighted by atomic mass is 10.0. The fourth-order valence-electron chi connectivity index (χ4n) is 1.52. The zero-order valence-corrected chi connectivity index (χ0v) is 11.3. The molecule has 0 atom stereocenters. The van der Waals surface area contributed by atoms with Gasteiger partial charge in [-0.1, -0.05) is 43.7 Å². The predicted molar refractivity (Wildman–Crippen MR) is 72.6 cm³/mol. The van der Waals surface area contributed by atoms with Crippen LogP contribution >= 0.6 is 0 Å². The van der Waals surface area contributed by atoms with Crippen molar-refractivity contribution in [2.75, 3.05) is 6.54 Å². The van der Waals surface area contributed by atoms with Crippen molar-refractivity contribution in [2.45, 2.75) is 33.6 Å². The first-order valence-corrected chi connectivity index (χ1v) is 6.35. The van der Waals surface area contributed by atoms with Crippen LogP contribution in [0.3, 0.4) is 0 Å². The maximum Gasteiger partial charge on any atom is 0.220 e. The van der Waals surface area contributed by atoms with Crippen LogP contribution in [0.2, 0.25) is 0 Å². The lowest BCUT2D eigenvalue weighted by Gasteiger charge is -2.07. The predicted octanol–water partition coefficient (Wildman–Crippen LogP) is 2.73. The summed E-state index contributed by atoms with van der Waals surface area (Å²) in [5.74, 6) is 0.403. The maximum atomic E-state index is 11.8. The molecule has 0 aliphatic rings. The summed E-state index contributed by atoms with van der Waals surface area (Å²) in [5, 5.41) is 2.81. The van der Waals surface area contributed by atoms with E-state index in [1.54, 1.807) is 0 Å². The molecule has 0 aromatic heterocycles. The Morgan fingerprint density at radius 3 is 2.28 bits per heavy atom. The first kappa shape index (κ1) is 14.4. The highest BCUT2D eigenvalue weighted by atomic mass is 16.2. The second-order valence-corrected chi connectivity index (χ2v) is 4.99. The van der Waals surface area contributed by atoms with Crippen molar-refractivity contribution in [3.8, 4) is 0 Å². The Kier molecular flexibility index (Phi) is 5.56. The Balaban J connectivity index is 2.37. The molecule has 1 aromatic carbocycles. The number of ketones is 1. The molecule has 18 heavy (non-hydrogen) atoms. The number of amides is 1. The smallest absolute Gasteiger partial charge is 0.220 e. The second kappa shape index (κ2) is 6.94. The van der Waals surface area contributed by atoms with Crippen molar-refractivity contribution >= 4 is 11.7 Å². The summed E-state index contributed by atoms with van der Waals surface area (Å²) in [4.78, 5) is 23.3. The summed E-state index contributed by atoms with van der Waals surface area (Å²) in [6, 6.07) is 7.44. The zero-order valence-electron chi connectivity index (χ0n) is 11.3. The van der Waals surface area contributed by atoms with E-state index in [4.69, 9.17) is 0 Å². The third-order valence-electron chi connectivity index (χ3n) is 2.66. The van der Waals surface area contributed by atoms with Gasteiger partial charge in [-0.25, -0.2) is 0 Å². The van der Waals surface area contributed by atoms with Gasteiger partial charge in [0.2, 0.25) is 5.91 Å². The van der Waals surface area contributed by atoms with Gasteiger partial charge in [0.1, 0.15) is 0 Å². The Bertz CT molecular complexity index is 407. The van der Waals surface area contributed by atoms with E-state index in [2.05, 4.69) is 5.32 Å². The lowest BCUT2D eigenvalue weighted by molar-refractivity contribution is -0.121. The van der Waals surface area contributed by atoms with E-state index in [1.807, 2.05) is 45.0 Å². The Labute approximate surface area is 109 Å². The highest BCUT2D eigenvalue weighted by Crippen LogP contribution is 2.07. The first-order valence-electron chi connectivity index (χ1n) is 6.35. The number of hydrogen-bond acceptors (Lipinski definition) is 2. The van der Waals surface area contributed by atoms with Crippen LogP contribution in [0.5, 0.6) is 0 Å². The van der Waals surface area contributed by atoms with Gasteiger partial charge >= 0.3 is 0 Å². The van der Waals surface area contributed by atoms with Crippen LogP contribution in [0.1, 0.15) is 42.6 Å². The van der Waals surface area contributed by atoms with Crippen molar-refractivity contribution in [3.63, 3.8) is 0 Å². The molecule has 3 nitrogen and oxygen atoms in total. The number of hydrogen-bond donors (Lipinski definition) is 1. The zero-order chi connectivity index (χ0) is 13.5. The van der Waals surface area contributed by atoms with E-state index in [1.165, 1.54) is 0 Å². The van der Waals surface area contributed by atoms with E-state index in [-0.39, 0.29) is 24.5 Å². The lowest BCUT2D eigenvalue weighted by Crippen LogP contribution is -2.27. The molecule has 1 amide bonds. The van der Waals surface area contributed by atoms with Gasteiger partial charge < -0.3 is 5.32 Å². The number of rotatable bonds is 6. The maximum absolute atomic E-state index is 11.8. The Hall–Kier alpha value is -1.64. The van der Waals surface area contributed by atoms with Crippen LogP contribution < -0.4 is 5.32 Å². The van der Waals surface area contributed by atoms with Crippen LogP contribution in [-0.2, 0) is 4.79 Å². The monoisotopic (exact) mass is 247 g/mol. The number of carbonyl (C=O) groups is 2. The highest BCUT2D eigenvalue weighted by molar-refractivity contribution is 5.97. The third-order valence-corrected chi connectivity index (χ3v) is 2.66. The minimum Gasteiger partial charge on any atom is -0.356 e. The topological polar surface area (TPSA) is 46.2 Å². The van der Waals surface area contributed by atoms with E-state index in [9.17, 15) is 9.59 Å². The molecule has 0 saturated heterocycles. The van der Waals surface area contributed by atoms with E-state index in [0.29, 0.717) is 18.0 Å². The normalized spacial score (nSPS) is 10.4. The molecular weight excluding hydrogens is 226 g/mol. The van der Waals surface area contributed by atoms with Gasteiger partial charge in [-0.2, -0.15) is 0 Å². The molecular formula is C15H21NO2. The van der Waals surface area contributed by atoms with Crippen molar-refractivity contribution in [1.29, 1.82) is 0 Å². The van der Waals surface area contributed by atoms with Crippen LogP contribution in [-0.4, -0.2) is 18.2 Å². The molecule has 1 rings (SSSR count). The minimum absolute atomic E-state index is 0.0229. The van der Waals surface area contributed by atoms with Gasteiger partial charge in [0.05, 0.1) is 0 Å². The van der Waals surface area contributed by atoms with Crippen LogP contribution in [0.15, 0.2) is 24.3 Å². The van der Waals surface area contributed by atoms with Crippen LogP contribution in [0.4, 0.5) is 0 Å². The summed E-state index contributed by atoms with van der Waals surface area (Å²) in [6.45, 7) is 6.72. The molecule has 0 saturated carbocycles. The summed E-state index contributed by atoms with van der Waals surface area (Å²) in [6.07, 6.45) is 0.534. The summed E-state index contributed by atoms with van der Waals surface area (Å²) >= 11 is 0. The number of aryl methyl sites for hydroxylation is 1. The molecule has 0 aliphatic carbocycles. The third kappa shape index (κ3) is 5.13. The van der Waals surface area contributed by atoms with E-state index >= 15 is 0 Å². The van der Waals surface area contributed by atoms with E-state index in [0.717, 1.165) is 5.56 Å². The molecule has 1 N–H and O–H groups in total. The highest BCUT2D eigenvalue weighted by Gasteiger charge is 2.09. The van der Waals surface area contributed by atoms with Gasteiger partial charge in [0, 0.05) is 24.9 Å². The summed E-state index contributed by atoms with van der Waals surface area (Å²) in [5.41, 5.74) is 1.80. The molecule has 98 valence electrons. The Morgan fingerprint density at radius 1 is 1.11 bits per heavy atom. The summed E-state index contributed by atoms with van der Waals surface area (Å²) in [7, 11) is 0. The van der Waals surface area contributed by atoms with Gasteiger partial charge in [-0.15, -0.1) is 0 Å². The SMILES string of the molecule is Cc1ccc(C(=O)CCC(=O)NCC(C)C)cc1. The van der Waals surface area contributed by atoms with Gasteiger partial charge in [-0.3, -0.25) is 9.59 Å². The fraction of sp³-hybridized carbons (Fsp3) is 0.467. The molecule has 1 aromatic rings. The standard InChI is InChI=1S/C15H21NO2/c1-11(2)10-16-15(18)9-8-14(17)13-6-4-12(3)5-7-13/h4-7,11H,8-10H2,1-3H3,(H,16,18). The van der Waals surface area contributed by atoms with Gasteiger partial charge in [0.15, 0.2) is 5.78 Å². The quantitative estimate of drug-likeness (QED) is 0.786. The van der Waals surface area contributed by atoms with Crippen LogP contribution in [0.25, 0.3) is 0 Å². The largest absolute Gasteiger partial charge is 0.356 e. The van der Waals surface area contributed by atoms with Crippen LogP contribution in [0, 0.1) is 12.8 Å². The van der Waals surface area contributed by atoms with E-state index < -0.39 is 0 Å². The molecule has 3 heteroatoms. The average molecular weight is 247 g/mol. The van der Waals surface area contributed by atoms with Gasteiger partial charge in [0.25, 0.3) is 0 Å². The molecule has 0 spiro atoms. The Morgan fingerprint density at radius 2 is 1.72 bits per heavy atom. The molecule has 0 radical (unpaired) electrons. The molecule has 0 aliphatic heterocycles. The fourth-order valence-corrected chi connectivity index (χ4v) is 1.52. The summed E-state index contributed by atoms with van der Waals surface area (Å²) < 4.78 is 0. The van der Waals surface area contributed by atoms with Crippen molar-refractivity contribution < 1.29 is 9.59 Å². The van der Waals surface area contributed by atoms with Gasteiger partial charge in [-0.05, 0) is 12.8 Å². The van der Waals surface area contributed by atoms with Crippen molar-refractivity contribution in [3.05, 3.63) is 35.4 Å². The number of benzene rings is 1. The number of Topliss-reactive ketones (excluding diaryl/α,β-unsaturated/α-hetero) is 1.